The highest BCUT2D eigenvalue weighted by atomic mass is 16.5. The van der Waals surface area contributed by atoms with Crippen molar-refractivity contribution in [1.29, 1.82) is 0 Å². The van der Waals surface area contributed by atoms with Crippen molar-refractivity contribution in [3.63, 3.8) is 0 Å². The Bertz CT molecular complexity index is 757. The van der Waals surface area contributed by atoms with Crippen molar-refractivity contribution in [2.24, 2.45) is 4.99 Å². The molecule has 2 N–H and O–H groups in total. The molecule has 0 amide bonds. The van der Waals surface area contributed by atoms with Crippen LogP contribution in [0, 0.1) is 0 Å². The Balaban J connectivity index is 1.84. The molecular formula is C20H31N5O2. The summed E-state index contributed by atoms with van der Waals surface area (Å²) in [6.45, 7) is 9.09. The number of hydrogen-bond acceptors (Lipinski definition) is 4. The highest BCUT2D eigenvalue weighted by Gasteiger charge is 2.12. The van der Waals surface area contributed by atoms with Crippen LogP contribution in [-0.4, -0.2) is 28.8 Å². The van der Waals surface area contributed by atoms with Gasteiger partial charge in [-0.15, -0.1) is 0 Å². The second-order valence-electron chi connectivity index (χ2n) is 6.30. The van der Waals surface area contributed by atoms with Gasteiger partial charge in [0.1, 0.15) is 5.76 Å². The fourth-order valence-corrected chi connectivity index (χ4v) is 2.88. The quantitative estimate of drug-likeness (QED) is 0.380. The molecule has 0 aliphatic rings. The molecular weight excluding hydrogens is 342 g/mol. The van der Waals surface area contributed by atoms with E-state index < -0.39 is 0 Å². The maximum Gasteiger partial charge on any atom is 0.250 e. The van der Waals surface area contributed by atoms with E-state index in [9.17, 15) is 4.79 Å². The van der Waals surface area contributed by atoms with E-state index in [0.717, 1.165) is 68.3 Å². The van der Waals surface area contributed by atoms with Crippen molar-refractivity contribution < 1.29 is 4.52 Å². The number of aliphatic imine (C=N–C) groups is 1. The Labute approximate surface area is 160 Å². The fourth-order valence-electron chi connectivity index (χ4n) is 2.88. The Morgan fingerprint density at radius 1 is 1.19 bits per heavy atom. The monoisotopic (exact) mass is 373 g/mol. The van der Waals surface area contributed by atoms with Gasteiger partial charge in [0, 0.05) is 43.9 Å². The molecule has 0 atom stereocenters. The van der Waals surface area contributed by atoms with Gasteiger partial charge in [0.25, 0.3) is 0 Å². The molecule has 0 aromatic carbocycles. The number of nitrogens with zero attached hydrogens (tertiary/aromatic N) is 3. The van der Waals surface area contributed by atoms with Crippen molar-refractivity contribution in [3.8, 4) is 0 Å². The minimum Gasteiger partial charge on any atom is -0.361 e. The highest BCUT2D eigenvalue weighted by Crippen LogP contribution is 2.16. The second kappa shape index (κ2) is 11.2. The molecule has 0 bridgehead atoms. The Kier molecular flexibility index (Phi) is 8.61. The van der Waals surface area contributed by atoms with Gasteiger partial charge in [-0.05, 0) is 32.3 Å². The summed E-state index contributed by atoms with van der Waals surface area (Å²) in [6, 6.07) is 5.24. The molecule has 27 heavy (non-hydrogen) atoms. The summed E-state index contributed by atoms with van der Waals surface area (Å²) in [4.78, 5) is 16.4. The minimum absolute atomic E-state index is 0.0486. The van der Waals surface area contributed by atoms with Crippen LogP contribution in [0.3, 0.4) is 0 Å². The number of nitrogens with one attached hydrogen (secondary N) is 2. The van der Waals surface area contributed by atoms with Crippen LogP contribution in [-0.2, 0) is 25.9 Å². The number of aryl methyl sites for hydroxylation is 3. The molecule has 0 spiro atoms. The number of aromatic nitrogens is 2. The molecule has 2 rings (SSSR count). The maximum absolute atomic E-state index is 11.7. The number of unbranched alkanes of at least 4 members (excludes halogenated alkanes) is 1. The lowest BCUT2D eigenvalue weighted by molar-refractivity contribution is 0.380. The molecule has 2 heterocycles. The highest BCUT2D eigenvalue weighted by molar-refractivity contribution is 5.79. The van der Waals surface area contributed by atoms with Crippen LogP contribution in [0.1, 0.15) is 50.6 Å². The van der Waals surface area contributed by atoms with Crippen LogP contribution >= 0.6 is 0 Å². The van der Waals surface area contributed by atoms with Gasteiger partial charge in [-0.25, -0.2) is 4.99 Å². The van der Waals surface area contributed by atoms with Gasteiger partial charge in [-0.3, -0.25) is 4.79 Å². The molecule has 0 aliphatic heterocycles. The van der Waals surface area contributed by atoms with Crippen LogP contribution < -0.4 is 16.2 Å². The van der Waals surface area contributed by atoms with Crippen molar-refractivity contribution in [2.45, 2.75) is 59.5 Å². The lowest BCUT2D eigenvalue weighted by Crippen LogP contribution is -2.37. The molecule has 0 saturated carbocycles. The molecule has 0 radical (unpaired) electrons. The van der Waals surface area contributed by atoms with E-state index in [1.165, 1.54) is 0 Å². The van der Waals surface area contributed by atoms with Crippen LogP contribution in [0.25, 0.3) is 0 Å². The number of guanidine groups is 1. The maximum atomic E-state index is 11.7. The average Bonchev–Trinajstić information content (AvgIpc) is 3.09. The van der Waals surface area contributed by atoms with Gasteiger partial charge in [0.05, 0.1) is 12.2 Å². The van der Waals surface area contributed by atoms with E-state index in [0.29, 0.717) is 6.54 Å². The van der Waals surface area contributed by atoms with Crippen molar-refractivity contribution in [1.82, 2.24) is 20.4 Å². The second-order valence-corrected chi connectivity index (χ2v) is 6.30. The molecule has 0 aliphatic carbocycles. The molecule has 2 aromatic rings. The van der Waals surface area contributed by atoms with E-state index in [1.54, 1.807) is 16.7 Å². The Hall–Kier alpha value is -2.57. The van der Waals surface area contributed by atoms with E-state index in [1.807, 2.05) is 19.2 Å². The third kappa shape index (κ3) is 6.27. The fraction of sp³-hybridized carbons (Fsp3) is 0.550. The summed E-state index contributed by atoms with van der Waals surface area (Å²) in [5, 5.41) is 10.8. The van der Waals surface area contributed by atoms with E-state index in [2.05, 4.69) is 34.6 Å². The third-order valence-corrected chi connectivity index (χ3v) is 4.36. The normalized spacial score (nSPS) is 11.6. The van der Waals surface area contributed by atoms with Crippen LogP contribution in [0.5, 0.6) is 0 Å². The zero-order chi connectivity index (χ0) is 19.5. The standard InChI is InChI=1S/C20H31N5O2/c1-4-17-16(18(5-2)27-24-17)15-23-20(21-6-3)22-12-8-10-14-25-13-9-7-11-19(25)26/h7,9,11,13H,4-6,8,10,12,14-15H2,1-3H3,(H2,21,22,23). The first kappa shape index (κ1) is 20.7. The summed E-state index contributed by atoms with van der Waals surface area (Å²) in [5.74, 6) is 1.71. The minimum atomic E-state index is 0.0486. The lowest BCUT2D eigenvalue weighted by Gasteiger charge is -2.11. The van der Waals surface area contributed by atoms with Crippen LogP contribution in [0.2, 0.25) is 0 Å². The molecule has 7 nitrogen and oxygen atoms in total. The number of pyridine rings is 1. The predicted molar refractivity (Wildman–Crippen MR) is 108 cm³/mol. The Morgan fingerprint density at radius 3 is 2.74 bits per heavy atom. The van der Waals surface area contributed by atoms with Gasteiger partial charge in [-0.2, -0.15) is 0 Å². The van der Waals surface area contributed by atoms with Gasteiger partial charge in [-0.1, -0.05) is 25.1 Å². The smallest absolute Gasteiger partial charge is 0.250 e. The molecule has 0 saturated heterocycles. The van der Waals surface area contributed by atoms with Gasteiger partial charge in [0.15, 0.2) is 5.96 Å². The first-order valence-electron chi connectivity index (χ1n) is 9.83. The first-order chi connectivity index (χ1) is 13.2. The molecule has 148 valence electrons. The summed E-state index contributed by atoms with van der Waals surface area (Å²) in [5.41, 5.74) is 2.13. The zero-order valence-corrected chi connectivity index (χ0v) is 16.6. The molecule has 7 heteroatoms. The van der Waals surface area contributed by atoms with E-state index in [-0.39, 0.29) is 5.56 Å². The van der Waals surface area contributed by atoms with Crippen molar-refractivity contribution in [3.05, 3.63) is 51.8 Å². The van der Waals surface area contributed by atoms with Crippen LogP contribution in [0.15, 0.2) is 38.7 Å². The summed E-state index contributed by atoms with van der Waals surface area (Å²) in [7, 11) is 0. The summed E-state index contributed by atoms with van der Waals surface area (Å²) < 4.78 is 7.14. The first-order valence-corrected chi connectivity index (χ1v) is 9.83. The third-order valence-electron chi connectivity index (χ3n) is 4.36. The SMILES string of the molecule is CCNC(=NCc1c(CC)noc1CC)NCCCCn1ccccc1=O. The van der Waals surface area contributed by atoms with Gasteiger partial charge in [0.2, 0.25) is 5.56 Å². The Morgan fingerprint density at radius 2 is 2.04 bits per heavy atom. The zero-order valence-electron chi connectivity index (χ0n) is 16.6. The average molecular weight is 374 g/mol. The van der Waals surface area contributed by atoms with Crippen molar-refractivity contribution >= 4 is 5.96 Å². The lowest BCUT2D eigenvalue weighted by atomic mass is 10.1. The van der Waals surface area contributed by atoms with E-state index in [4.69, 9.17) is 4.52 Å². The molecule has 0 fully saturated rings. The largest absolute Gasteiger partial charge is 0.361 e. The summed E-state index contributed by atoms with van der Waals surface area (Å²) >= 11 is 0. The topological polar surface area (TPSA) is 84.4 Å². The molecule has 2 aromatic heterocycles. The van der Waals surface area contributed by atoms with Crippen LogP contribution in [0.4, 0.5) is 0 Å². The van der Waals surface area contributed by atoms with E-state index >= 15 is 0 Å². The number of hydrogen-bond donors (Lipinski definition) is 2. The number of rotatable bonds is 10. The van der Waals surface area contributed by atoms with Crippen molar-refractivity contribution in [2.75, 3.05) is 13.1 Å². The molecule has 0 unspecified atom stereocenters. The summed E-state index contributed by atoms with van der Waals surface area (Å²) in [6.07, 6.45) is 5.39. The van der Waals surface area contributed by atoms with Gasteiger partial charge >= 0.3 is 0 Å². The van der Waals surface area contributed by atoms with Gasteiger partial charge < -0.3 is 19.7 Å². The predicted octanol–water partition coefficient (Wildman–Crippen LogP) is 2.50.